The Kier molecular flexibility index (Phi) is 7.35. The predicted molar refractivity (Wildman–Crippen MR) is 98.3 cm³/mol. The van der Waals surface area contributed by atoms with E-state index >= 15 is 0 Å². The van der Waals surface area contributed by atoms with Crippen LogP contribution in [-0.4, -0.2) is 11.3 Å². The lowest BCUT2D eigenvalue weighted by Crippen LogP contribution is -2.27. The van der Waals surface area contributed by atoms with Crippen LogP contribution < -0.4 is 5.73 Å². The monoisotopic (exact) mass is 327 g/mol. The molecule has 0 aliphatic carbocycles. The first-order valence-electron chi connectivity index (χ1n) is 8.20. The van der Waals surface area contributed by atoms with E-state index < -0.39 is 6.23 Å². The predicted octanol–water partition coefficient (Wildman–Crippen LogP) is 3.97. The van der Waals surface area contributed by atoms with Gasteiger partial charge in [0.1, 0.15) is 6.23 Å². The van der Waals surface area contributed by atoms with Gasteiger partial charge in [-0.1, -0.05) is 49.1 Å². The molecule has 2 rings (SSSR count). The summed E-state index contributed by atoms with van der Waals surface area (Å²) in [4.78, 5) is 2.44. The number of hydrogen-bond donors (Lipinski definition) is 2. The fraction of sp³-hybridized carbons (Fsp3) is 0.400. The Morgan fingerprint density at radius 2 is 1.91 bits per heavy atom. The van der Waals surface area contributed by atoms with Crippen molar-refractivity contribution in [2.75, 3.05) is 0 Å². The maximum absolute atomic E-state index is 9.31. The van der Waals surface area contributed by atoms with Crippen molar-refractivity contribution in [3.05, 3.63) is 57.8 Å². The van der Waals surface area contributed by atoms with Gasteiger partial charge in [-0.2, -0.15) is 0 Å². The van der Waals surface area contributed by atoms with Gasteiger partial charge in [0, 0.05) is 11.3 Å². The molecule has 0 amide bonds. The molecule has 1 aromatic carbocycles. The maximum atomic E-state index is 9.31. The Balaban J connectivity index is 1.72. The average Bonchev–Trinajstić information content (AvgIpc) is 3.01. The summed E-state index contributed by atoms with van der Waals surface area (Å²) >= 11 is 1.74. The molecule has 3 N–H and O–H groups in total. The van der Waals surface area contributed by atoms with Crippen LogP contribution in [0.15, 0.2) is 42.5 Å². The van der Waals surface area contributed by atoms with E-state index in [9.17, 15) is 5.11 Å². The second-order valence-corrected chi connectivity index (χ2v) is 7.08. The molecule has 0 spiro atoms. The lowest BCUT2D eigenvalue weighted by Gasteiger charge is -2.12. The number of nitrogens with two attached hydrogens (primary N) is 1. The summed E-state index contributed by atoms with van der Waals surface area (Å²) < 4.78 is 0. The van der Waals surface area contributed by atoms with Crippen molar-refractivity contribution in [2.24, 2.45) is 11.7 Å². The van der Waals surface area contributed by atoms with E-state index in [4.69, 9.17) is 5.73 Å². The Labute approximate surface area is 143 Å². The minimum absolute atomic E-state index is 0.129. The van der Waals surface area contributed by atoms with Crippen LogP contribution in [0.1, 0.15) is 41.5 Å². The van der Waals surface area contributed by atoms with E-state index in [0.29, 0.717) is 0 Å². The zero-order chi connectivity index (χ0) is 16.5. The molecule has 1 heterocycles. The standard InChI is InChI=1S/C20H25NOS/c1-16(20(21)22)12-13-19-15-14-18(23-19)11-7-3-6-10-17-8-4-2-5-9-17/h2,4-5,8-9,14-16,20,22H,3,6,10,12-13,21H2,1H3/t16-,20?/m1/s1. The van der Waals surface area contributed by atoms with Crippen molar-refractivity contribution in [1.82, 2.24) is 0 Å². The van der Waals surface area contributed by atoms with Crippen LogP contribution >= 0.6 is 11.3 Å². The molecule has 23 heavy (non-hydrogen) atoms. The van der Waals surface area contributed by atoms with Gasteiger partial charge in [-0.25, -0.2) is 0 Å². The molecule has 0 aliphatic heterocycles. The van der Waals surface area contributed by atoms with Gasteiger partial charge in [0.2, 0.25) is 0 Å². The molecule has 0 radical (unpaired) electrons. The highest BCUT2D eigenvalue weighted by Crippen LogP contribution is 2.19. The number of hydrogen-bond acceptors (Lipinski definition) is 3. The highest BCUT2D eigenvalue weighted by atomic mass is 32.1. The third-order valence-corrected chi connectivity index (χ3v) is 4.97. The summed E-state index contributed by atoms with van der Waals surface area (Å²) in [7, 11) is 0. The van der Waals surface area contributed by atoms with E-state index in [-0.39, 0.29) is 5.92 Å². The normalized spacial score (nSPS) is 13.2. The molecule has 2 atom stereocenters. The maximum Gasteiger partial charge on any atom is 0.105 e. The summed E-state index contributed by atoms with van der Waals surface area (Å²) in [6, 6.07) is 14.8. The zero-order valence-corrected chi connectivity index (χ0v) is 14.5. The quantitative estimate of drug-likeness (QED) is 0.459. The van der Waals surface area contributed by atoms with Crippen LogP contribution in [0, 0.1) is 17.8 Å². The topological polar surface area (TPSA) is 46.2 Å². The summed E-state index contributed by atoms with van der Waals surface area (Å²) in [5, 5.41) is 9.31. The van der Waals surface area contributed by atoms with Crippen LogP contribution in [-0.2, 0) is 12.8 Å². The zero-order valence-electron chi connectivity index (χ0n) is 13.7. The van der Waals surface area contributed by atoms with Crippen molar-refractivity contribution in [1.29, 1.82) is 0 Å². The summed E-state index contributed by atoms with van der Waals surface area (Å²) in [5.41, 5.74) is 6.86. The SMILES string of the molecule is C[C@H](CCc1ccc(C#CCCCc2ccccc2)s1)C(N)O. The van der Waals surface area contributed by atoms with Crippen LogP contribution in [0.4, 0.5) is 0 Å². The molecule has 3 heteroatoms. The molecular formula is C20H25NOS. The van der Waals surface area contributed by atoms with Crippen LogP contribution in [0.25, 0.3) is 0 Å². The molecular weight excluding hydrogens is 302 g/mol. The molecule has 2 aromatic rings. The first-order valence-corrected chi connectivity index (χ1v) is 9.02. The number of unbranched alkanes of at least 4 members (excludes halogenated alkanes) is 1. The Morgan fingerprint density at radius 3 is 2.65 bits per heavy atom. The Bertz CT molecular complexity index is 636. The lowest BCUT2D eigenvalue weighted by molar-refractivity contribution is 0.119. The van der Waals surface area contributed by atoms with E-state index in [0.717, 1.165) is 37.0 Å². The van der Waals surface area contributed by atoms with Gasteiger partial charge in [0.05, 0.1) is 4.88 Å². The average molecular weight is 327 g/mol. The smallest absolute Gasteiger partial charge is 0.105 e. The number of aryl methyl sites for hydroxylation is 2. The number of aliphatic hydroxyl groups excluding tert-OH is 1. The molecule has 2 nitrogen and oxygen atoms in total. The molecule has 0 saturated heterocycles. The van der Waals surface area contributed by atoms with Crippen LogP contribution in [0.2, 0.25) is 0 Å². The minimum Gasteiger partial charge on any atom is -0.379 e. The van der Waals surface area contributed by atoms with Gasteiger partial charge in [-0.15, -0.1) is 11.3 Å². The second-order valence-electron chi connectivity index (χ2n) is 5.91. The molecule has 122 valence electrons. The fourth-order valence-electron chi connectivity index (χ4n) is 2.30. The molecule has 1 aromatic heterocycles. The van der Waals surface area contributed by atoms with Crippen molar-refractivity contribution in [3.63, 3.8) is 0 Å². The van der Waals surface area contributed by atoms with Crippen molar-refractivity contribution >= 4 is 11.3 Å². The van der Waals surface area contributed by atoms with Crippen LogP contribution in [0.3, 0.4) is 0 Å². The summed E-state index contributed by atoms with van der Waals surface area (Å²) in [5.74, 6) is 6.65. The van der Waals surface area contributed by atoms with Crippen molar-refractivity contribution < 1.29 is 5.11 Å². The highest BCUT2D eigenvalue weighted by molar-refractivity contribution is 7.12. The third kappa shape index (κ3) is 6.58. The molecule has 0 aliphatic rings. The number of aliphatic hydroxyl groups is 1. The van der Waals surface area contributed by atoms with E-state index in [1.165, 1.54) is 10.4 Å². The van der Waals surface area contributed by atoms with Gasteiger partial charge < -0.3 is 10.8 Å². The summed E-state index contributed by atoms with van der Waals surface area (Å²) in [6.45, 7) is 1.98. The lowest BCUT2D eigenvalue weighted by atomic mass is 10.0. The molecule has 1 unspecified atom stereocenters. The minimum atomic E-state index is -0.723. The second kappa shape index (κ2) is 9.52. The van der Waals surface area contributed by atoms with E-state index in [1.54, 1.807) is 11.3 Å². The van der Waals surface area contributed by atoms with Crippen molar-refractivity contribution in [3.8, 4) is 11.8 Å². The highest BCUT2D eigenvalue weighted by Gasteiger charge is 2.09. The first-order chi connectivity index (χ1) is 11.1. The van der Waals surface area contributed by atoms with Gasteiger partial charge in [0.25, 0.3) is 0 Å². The van der Waals surface area contributed by atoms with E-state index in [1.807, 2.05) is 13.0 Å². The van der Waals surface area contributed by atoms with Crippen LogP contribution in [0.5, 0.6) is 0 Å². The fourth-order valence-corrected chi connectivity index (χ4v) is 3.19. The summed E-state index contributed by atoms with van der Waals surface area (Å²) in [6.07, 6.45) is 4.25. The number of rotatable bonds is 7. The van der Waals surface area contributed by atoms with E-state index in [2.05, 4.69) is 48.2 Å². The molecule has 0 saturated carbocycles. The Hall–Kier alpha value is -1.60. The van der Waals surface area contributed by atoms with Crippen molar-refractivity contribution in [2.45, 2.75) is 45.3 Å². The van der Waals surface area contributed by atoms with Gasteiger partial charge in [-0.05, 0) is 49.3 Å². The number of thiophene rings is 1. The van der Waals surface area contributed by atoms with Gasteiger partial charge in [-0.3, -0.25) is 0 Å². The van der Waals surface area contributed by atoms with Gasteiger partial charge in [0.15, 0.2) is 0 Å². The molecule has 0 bridgehead atoms. The third-order valence-electron chi connectivity index (χ3n) is 3.91. The Morgan fingerprint density at radius 1 is 1.13 bits per heavy atom. The van der Waals surface area contributed by atoms with Gasteiger partial charge >= 0.3 is 0 Å². The molecule has 0 fully saturated rings. The first kappa shape index (κ1) is 17.7. The number of benzene rings is 1. The largest absolute Gasteiger partial charge is 0.379 e.